The van der Waals surface area contributed by atoms with Gasteiger partial charge in [0.1, 0.15) is 5.82 Å². The molecule has 5 nitrogen and oxygen atoms in total. The average Bonchev–Trinajstić information content (AvgIpc) is 2.82. The van der Waals surface area contributed by atoms with Crippen molar-refractivity contribution in [3.8, 4) is 17.1 Å². The van der Waals surface area contributed by atoms with E-state index in [0.29, 0.717) is 6.04 Å². The third kappa shape index (κ3) is 3.81. The van der Waals surface area contributed by atoms with Crippen molar-refractivity contribution in [2.45, 2.75) is 32.2 Å². The third-order valence-corrected chi connectivity index (χ3v) is 6.37. The lowest BCUT2D eigenvalue weighted by atomic mass is 9.94. The van der Waals surface area contributed by atoms with Crippen molar-refractivity contribution in [2.24, 2.45) is 4.99 Å². The van der Waals surface area contributed by atoms with Crippen molar-refractivity contribution in [2.75, 3.05) is 5.32 Å². The van der Waals surface area contributed by atoms with E-state index in [-0.39, 0.29) is 5.82 Å². The summed E-state index contributed by atoms with van der Waals surface area (Å²) in [7, 11) is 0. The predicted molar refractivity (Wildman–Crippen MR) is 133 cm³/mol. The molecule has 0 bridgehead atoms. The van der Waals surface area contributed by atoms with Gasteiger partial charge in [0, 0.05) is 11.4 Å². The highest BCUT2D eigenvalue weighted by atomic mass is 19.1. The van der Waals surface area contributed by atoms with Gasteiger partial charge in [-0.05, 0) is 86.8 Å². The van der Waals surface area contributed by atoms with Crippen molar-refractivity contribution in [1.82, 2.24) is 14.5 Å². The molecule has 0 spiro atoms. The summed E-state index contributed by atoms with van der Waals surface area (Å²) in [6.45, 7) is 1.97. The standard InChI is InChI=1S/C28H24FN5/c1-18-9-12-21(17-30-18)32-24-15-26-28(16-25(24)31-20-5-4-6-20)34(22-13-10-19(29)11-14-22)27-8-3-2-7-23(27)33-26/h2-3,7-17,20,32H,4-6H2,1H3/b31-25+. The highest BCUT2D eigenvalue weighted by Crippen LogP contribution is 2.31. The van der Waals surface area contributed by atoms with Crippen LogP contribution >= 0.6 is 0 Å². The molecule has 0 saturated heterocycles. The van der Waals surface area contributed by atoms with Crippen LogP contribution in [0.15, 0.2) is 84.0 Å². The Labute approximate surface area is 197 Å². The molecule has 1 aromatic heterocycles. The summed E-state index contributed by atoms with van der Waals surface area (Å²) in [6, 6.07) is 23.1. The van der Waals surface area contributed by atoms with Gasteiger partial charge in [-0.3, -0.25) is 9.98 Å². The summed E-state index contributed by atoms with van der Waals surface area (Å²) < 4.78 is 15.9. The lowest BCUT2D eigenvalue weighted by molar-refractivity contribution is 0.413. The Kier molecular flexibility index (Phi) is 5.06. The zero-order valence-electron chi connectivity index (χ0n) is 18.9. The quantitative estimate of drug-likeness (QED) is 0.334. The Hall–Kier alpha value is -4.06. The van der Waals surface area contributed by atoms with Crippen molar-refractivity contribution < 1.29 is 4.39 Å². The topological polar surface area (TPSA) is 55.1 Å². The van der Waals surface area contributed by atoms with E-state index >= 15 is 0 Å². The first-order chi connectivity index (χ1) is 16.6. The molecule has 0 unspecified atom stereocenters. The fourth-order valence-corrected chi connectivity index (χ4v) is 4.33. The molecule has 34 heavy (non-hydrogen) atoms. The maximum Gasteiger partial charge on any atom is 0.123 e. The summed E-state index contributed by atoms with van der Waals surface area (Å²) in [5.74, 6) is -0.258. The van der Waals surface area contributed by atoms with E-state index in [1.807, 2.05) is 49.5 Å². The molecule has 0 amide bonds. The largest absolute Gasteiger partial charge is 0.352 e. The fraction of sp³-hybridized carbons (Fsp3) is 0.179. The molecule has 2 aromatic carbocycles. The third-order valence-electron chi connectivity index (χ3n) is 6.37. The molecule has 0 radical (unpaired) electrons. The number of nitrogens with zero attached hydrogens (tertiary/aromatic N) is 4. The van der Waals surface area contributed by atoms with Gasteiger partial charge in [0.25, 0.3) is 0 Å². The van der Waals surface area contributed by atoms with Gasteiger partial charge < -0.3 is 9.88 Å². The summed E-state index contributed by atoms with van der Waals surface area (Å²) in [5, 5.41) is 4.40. The zero-order chi connectivity index (χ0) is 23.1. The predicted octanol–water partition coefficient (Wildman–Crippen LogP) is 6.17. The molecule has 0 atom stereocenters. The van der Waals surface area contributed by atoms with E-state index in [1.165, 1.54) is 18.6 Å². The SMILES string of the molecule is Cc1ccc(Nc2cc3nc4ccccc4n(-c4ccc(F)cc4)c-3c/c2=N\C2CCC2)cn1. The Morgan fingerprint density at radius 1 is 1.00 bits per heavy atom. The molecule has 168 valence electrons. The molecule has 3 aromatic rings. The monoisotopic (exact) mass is 449 g/mol. The molecular formula is C28H24FN5. The van der Waals surface area contributed by atoms with Crippen molar-refractivity contribution in [3.05, 3.63) is 95.9 Å². The molecule has 1 saturated carbocycles. The van der Waals surface area contributed by atoms with Crippen LogP contribution in [0.3, 0.4) is 0 Å². The minimum absolute atomic E-state index is 0.258. The molecule has 1 aliphatic heterocycles. The lowest BCUT2D eigenvalue weighted by Crippen LogP contribution is -2.22. The lowest BCUT2D eigenvalue weighted by Gasteiger charge is -2.23. The first-order valence-corrected chi connectivity index (χ1v) is 11.6. The number of hydrogen-bond donors (Lipinski definition) is 1. The van der Waals surface area contributed by atoms with Crippen LogP contribution in [0.5, 0.6) is 0 Å². The van der Waals surface area contributed by atoms with Gasteiger partial charge in [-0.2, -0.15) is 0 Å². The number of nitrogens with one attached hydrogen (secondary N) is 1. The summed E-state index contributed by atoms with van der Waals surface area (Å²) in [5.41, 5.74) is 7.24. The van der Waals surface area contributed by atoms with Gasteiger partial charge in [-0.25, -0.2) is 9.37 Å². The van der Waals surface area contributed by atoms with Crippen molar-refractivity contribution in [1.29, 1.82) is 0 Å². The Morgan fingerprint density at radius 2 is 1.82 bits per heavy atom. The Morgan fingerprint density at radius 3 is 2.56 bits per heavy atom. The second-order valence-corrected chi connectivity index (χ2v) is 8.80. The van der Waals surface area contributed by atoms with E-state index in [4.69, 9.17) is 9.98 Å². The molecule has 6 rings (SSSR count). The van der Waals surface area contributed by atoms with Crippen molar-refractivity contribution >= 4 is 22.4 Å². The minimum atomic E-state index is -0.258. The van der Waals surface area contributed by atoms with Crippen LogP contribution in [0.25, 0.3) is 28.1 Å². The maximum absolute atomic E-state index is 13.7. The number of hydrogen-bond acceptors (Lipinski definition) is 4. The van der Waals surface area contributed by atoms with Gasteiger partial charge in [-0.1, -0.05) is 12.1 Å². The van der Waals surface area contributed by atoms with Gasteiger partial charge in [0.05, 0.1) is 51.4 Å². The average molecular weight is 450 g/mol. The minimum Gasteiger partial charge on any atom is -0.352 e. The fourth-order valence-electron chi connectivity index (χ4n) is 4.33. The molecule has 1 fully saturated rings. The number of aromatic nitrogens is 3. The number of benzene rings is 3. The number of halogens is 1. The molecule has 6 heteroatoms. The van der Waals surface area contributed by atoms with Gasteiger partial charge in [0.15, 0.2) is 0 Å². The summed E-state index contributed by atoms with van der Waals surface area (Å²) in [6.07, 6.45) is 5.27. The zero-order valence-corrected chi connectivity index (χ0v) is 18.9. The van der Waals surface area contributed by atoms with Crippen LogP contribution in [-0.4, -0.2) is 20.6 Å². The van der Waals surface area contributed by atoms with Gasteiger partial charge >= 0.3 is 0 Å². The molecule has 3 aliphatic rings. The molecule has 2 heterocycles. The number of rotatable bonds is 4. The number of fused-ring (bicyclic) bond motifs is 2. The molecule has 2 aliphatic carbocycles. The Balaban J connectivity index is 1.62. The van der Waals surface area contributed by atoms with Crippen LogP contribution < -0.4 is 10.7 Å². The Bertz CT molecular complexity index is 1520. The van der Waals surface area contributed by atoms with Gasteiger partial charge in [0.2, 0.25) is 0 Å². The number of aryl methyl sites for hydroxylation is 1. The van der Waals surface area contributed by atoms with Crippen LogP contribution in [0.1, 0.15) is 25.0 Å². The van der Waals surface area contributed by atoms with Crippen LogP contribution in [-0.2, 0) is 0 Å². The number of para-hydroxylation sites is 2. The van der Waals surface area contributed by atoms with E-state index in [1.54, 1.807) is 12.1 Å². The molecule has 1 N–H and O–H groups in total. The normalized spacial score (nSPS) is 14.5. The summed E-state index contributed by atoms with van der Waals surface area (Å²) >= 11 is 0. The van der Waals surface area contributed by atoms with Crippen LogP contribution in [0.4, 0.5) is 15.8 Å². The van der Waals surface area contributed by atoms with E-state index in [0.717, 1.165) is 63.4 Å². The summed E-state index contributed by atoms with van der Waals surface area (Å²) in [4.78, 5) is 14.4. The second-order valence-electron chi connectivity index (χ2n) is 8.80. The highest BCUT2D eigenvalue weighted by Gasteiger charge is 2.19. The number of anilines is 2. The molecular weight excluding hydrogens is 425 g/mol. The van der Waals surface area contributed by atoms with Crippen molar-refractivity contribution in [3.63, 3.8) is 0 Å². The van der Waals surface area contributed by atoms with Gasteiger partial charge in [-0.15, -0.1) is 0 Å². The van der Waals surface area contributed by atoms with E-state index in [9.17, 15) is 4.39 Å². The maximum atomic E-state index is 13.7. The number of pyridine rings is 1. The van der Waals surface area contributed by atoms with Crippen LogP contribution in [0, 0.1) is 12.7 Å². The highest BCUT2D eigenvalue weighted by molar-refractivity contribution is 5.84. The van der Waals surface area contributed by atoms with Crippen LogP contribution in [0.2, 0.25) is 0 Å². The van der Waals surface area contributed by atoms with E-state index in [2.05, 4.69) is 27.0 Å². The smallest absolute Gasteiger partial charge is 0.123 e. The second kappa shape index (κ2) is 8.37. The first kappa shape index (κ1) is 20.5. The first-order valence-electron chi connectivity index (χ1n) is 11.6. The van der Waals surface area contributed by atoms with E-state index < -0.39 is 0 Å².